The summed E-state index contributed by atoms with van der Waals surface area (Å²) in [7, 11) is 3.22. The number of aryl methyl sites for hydroxylation is 1. The summed E-state index contributed by atoms with van der Waals surface area (Å²) < 4.78 is 11.9. The van der Waals surface area contributed by atoms with Gasteiger partial charge in [-0.05, 0) is 56.1 Å². The van der Waals surface area contributed by atoms with Crippen LogP contribution in [-0.2, 0) is 32.8 Å². The van der Waals surface area contributed by atoms with Gasteiger partial charge in [-0.25, -0.2) is 14.3 Å². The zero-order chi connectivity index (χ0) is 29.8. The van der Waals surface area contributed by atoms with Gasteiger partial charge in [0, 0.05) is 18.6 Å². The van der Waals surface area contributed by atoms with Crippen molar-refractivity contribution in [3.63, 3.8) is 0 Å². The van der Waals surface area contributed by atoms with Crippen LogP contribution >= 0.6 is 34.9 Å². The van der Waals surface area contributed by atoms with Crippen molar-refractivity contribution in [3.8, 4) is 5.75 Å². The van der Waals surface area contributed by atoms with Gasteiger partial charge in [0.15, 0.2) is 0 Å². The molecule has 3 N–H and O–H groups in total. The van der Waals surface area contributed by atoms with E-state index in [1.807, 2.05) is 0 Å². The van der Waals surface area contributed by atoms with Crippen LogP contribution in [0.5, 0.6) is 5.75 Å². The number of fused-ring (bicyclic) bond motifs is 1. The Balaban J connectivity index is 1.23. The van der Waals surface area contributed by atoms with Crippen molar-refractivity contribution in [3.05, 3.63) is 63.5 Å². The number of amides is 3. The van der Waals surface area contributed by atoms with Crippen LogP contribution < -0.4 is 15.4 Å². The molecule has 1 aromatic carbocycles. The van der Waals surface area contributed by atoms with Crippen LogP contribution in [0.25, 0.3) is 0 Å². The SMILES string of the molecule is COc1ccc(COC(=O)NC(C(=O)N[C@@H]2C(=O)N3C(C(=O)O)=C(CSc4nnnn4C)CSC23)c2ccsc2)cc1. The highest BCUT2D eigenvalue weighted by Crippen LogP contribution is 2.41. The maximum atomic E-state index is 13.4. The highest BCUT2D eigenvalue weighted by atomic mass is 32.2. The second-order valence-electron chi connectivity index (χ2n) is 9.09. The number of aromatic nitrogens is 4. The molecule has 4 heterocycles. The number of carbonyl (C=O) groups excluding carboxylic acids is 3. The molecule has 17 heteroatoms. The van der Waals surface area contributed by atoms with Crippen molar-refractivity contribution in [1.82, 2.24) is 35.7 Å². The standard InChI is InChI=1S/C25H25N7O7S3/c1-31-24(28-29-30-31)42-12-15-11-41-22-18(21(34)32(22)19(15)23(35)36)26-20(33)17(14-7-8-40-10-14)27-25(37)39-9-13-3-5-16(38-2)6-4-13/h3-8,10,17-18,22H,9,11-12H2,1-2H3,(H,26,33)(H,27,37)(H,35,36)/t17?,18-,22?/m1/s1. The molecule has 3 amide bonds. The number of carboxylic acids is 1. The number of hydrogen-bond acceptors (Lipinski definition) is 12. The van der Waals surface area contributed by atoms with Crippen LogP contribution in [0.15, 0.2) is 57.5 Å². The Hall–Kier alpha value is -4.09. The zero-order valence-electron chi connectivity index (χ0n) is 22.3. The molecular weight excluding hydrogens is 607 g/mol. The molecule has 14 nitrogen and oxygen atoms in total. The fourth-order valence-corrected chi connectivity index (χ4v) is 7.32. The van der Waals surface area contributed by atoms with Gasteiger partial charge in [0.1, 0.15) is 35.5 Å². The fourth-order valence-electron chi connectivity index (χ4n) is 4.30. The summed E-state index contributed by atoms with van der Waals surface area (Å²) >= 11 is 3.95. The third-order valence-electron chi connectivity index (χ3n) is 6.43. The first-order valence-corrected chi connectivity index (χ1v) is 15.4. The first-order chi connectivity index (χ1) is 20.3. The normalized spacial score (nSPS) is 18.5. The molecule has 0 bridgehead atoms. The highest BCUT2D eigenvalue weighted by Gasteiger charge is 2.54. The maximum absolute atomic E-state index is 13.4. The van der Waals surface area contributed by atoms with Crippen molar-refractivity contribution >= 4 is 58.7 Å². The lowest BCUT2D eigenvalue weighted by molar-refractivity contribution is -0.151. The molecule has 3 aromatic rings. The molecule has 2 unspecified atom stereocenters. The first-order valence-electron chi connectivity index (χ1n) is 12.4. The van der Waals surface area contributed by atoms with Crippen LogP contribution in [0.3, 0.4) is 0 Å². The summed E-state index contributed by atoms with van der Waals surface area (Å²) in [6, 6.07) is 6.57. The third-order valence-corrected chi connectivity index (χ3v) is 9.57. The number of tetrazole rings is 1. The van der Waals surface area contributed by atoms with Gasteiger partial charge in [-0.2, -0.15) is 11.3 Å². The third kappa shape index (κ3) is 6.22. The van der Waals surface area contributed by atoms with E-state index < -0.39 is 41.3 Å². The number of carbonyl (C=O) groups is 4. The minimum Gasteiger partial charge on any atom is -0.497 e. The Kier molecular flexibility index (Phi) is 8.98. The van der Waals surface area contributed by atoms with E-state index in [0.29, 0.717) is 27.8 Å². The average Bonchev–Trinajstić information content (AvgIpc) is 3.68. The van der Waals surface area contributed by atoms with E-state index in [1.54, 1.807) is 55.2 Å². The number of ether oxygens (including phenoxy) is 2. The number of thioether (sulfide) groups is 2. The Morgan fingerprint density at radius 3 is 2.67 bits per heavy atom. The summed E-state index contributed by atoms with van der Waals surface area (Å²) in [4.78, 5) is 52.5. The van der Waals surface area contributed by atoms with Gasteiger partial charge in [0.05, 0.1) is 7.11 Å². The maximum Gasteiger partial charge on any atom is 0.408 e. The molecule has 2 aliphatic rings. The molecule has 0 radical (unpaired) electrons. The van der Waals surface area contributed by atoms with E-state index in [-0.39, 0.29) is 18.1 Å². The first kappa shape index (κ1) is 29.4. The number of benzene rings is 1. The molecule has 1 saturated heterocycles. The Morgan fingerprint density at radius 2 is 2.02 bits per heavy atom. The van der Waals surface area contributed by atoms with Crippen LogP contribution in [-0.4, -0.2) is 84.1 Å². The van der Waals surface area contributed by atoms with Crippen LogP contribution in [0, 0.1) is 0 Å². The molecular formula is C25H25N7O7S3. The van der Waals surface area contributed by atoms with Gasteiger partial charge < -0.3 is 25.2 Å². The lowest BCUT2D eigenvalue weighted by Crippen LogP contribution is -2.71. The van der Waals surface area contributed by atoms with E-state index >= 15 is 0 Å². The molecule has 42 heavy (non-hydrogen) atoms. The van der Waals surface area contributed by atoms with Gasteiger partial charge in [0.25, 0.3) is 5.91 Å². The largest absolute Gasteiger partial charge is 0.497 e. The quantitative estimate of drug-likeness (QED) is 0.207. The molecule has 3 atom stereocenters. The topological polar surface area (TPSA) is 178 Å². The van der Waals surface area contributed by atoms with Gasteiger partial charge in [0.2, 0.25) is 11.1 Å². The predicted octanol–water partition coefficient (Wildman–Crippen LogP) is 1.78. The molecule has 220 valence electrons. The number of β-lactam (4-membered cyclic amide) rings is 1. The van der Waals surface area contributed by atoms with E-state index in [9.17, 15) is 24.3 Å². The van der Waals surface area contributed by atoms with E-state index in [2.05, 4.69) is 26.2 Å². The number of rotatable bonds is 11. The number of alkyl carbamates (subject to hydrolysis) is 1. The zero-order valence-corrected chi connectivity index (χ0v) is 24.7. The van der Waals surface area contributed by atoms with Crippen molar-refractivity contribution in [2.45, 2.75) is 29.2 Å². The lowest BCUT2D eigenvalue weighted by atomic mass is 10.0. The Bertz CT molecular complexity index is 1510. The summed E-state index contributed by atoms with van der Waals surface area (Å²) in [5.41, 5.74) is 1.69. The van der Waals surface area contributed by atoms with Crippen LogP contribution in [0.2, 0.25) is 0 Å². The molecule has 0 saturated carbocycles. The number of thiophene rings is 1. The molecule has 1 fully saturated rings. The van der Waals surface area contributed by atoms with Crippen molar-refractivity contribution in [1.29, 1.82) is 0 Å². The predicted molar refractivity (Wildman–Crippen MR) is 153 cm³/mol. The van der Waals surface area contributed by atoms with Gasteiger partial charge in [-0.3, -0.25) is 14.5 Å². The summed E-state index contributed by atoms with van der Waals surface area (Å²) in [5, 5.41) is 29.8. The number of aliphatic carboxylic acids is 1. The van der Waals surface area contributed by atoms with Gasteiger partial charge >= 0.3 is 12.1 Å². The molecule has 2 aliphatic heterocycles. The van der Waals surface area contributed by atoms with E-state index in [0.717, 1.165) is 5.56 Å². The van der Waals surface area contributed by atoms with Crippen molar-refractivity contribution in [2.75, 3.05) is 18.6 Å². The number of carboxylic acid groups (broad SMARTS) is 1. The molecule has 0 spiro atoms. The molecule has 0 aliphatic carbocycles. The minimum absolute atomic E-state index is 0.0271. The molecule has 5 rings (SSSR count). The van der Waals surface area contributed by atoms with Crippen LogP contribution in [0.4, 0.5) is 4.79 Å². The second kappa shape index (κ2) is 12.8. The summed E-state index contributed by atoms with van der Waals surface area (Å²) in [6.07, 6.45) is -0.817. The lowest BCUT2D eigenvalue weighted by Gasteiger charge is -2.49. The van der Waals surface area contributed by atoms with E-state index in [4.69, 9.17) is 9.47 Å². The summed E-state index contributed by atoms with van der Waals surface area (Å²) in [6.45, 7) is -0.0271. The minimum atomic E-state index is -1.23. The number of hydrogen-bond donors (Lipinski definition) is 3. The smallest absolute Gasteiger partial charge is 0.408 e. The van der Waals surface area contributed by atoms with Crippen molar-refractivity contribution in [2.24, 2.45) is 7.05 Å². The fraction of sp³-hybridized carbons (Fsp3) is 0.320. The number of nitrogens with zero attached hydrogens (tertiary/aromatic N) is 5. The van der Waals surface area contributed by atoms with Crippen molar-refractivity contribution < 1.29 is 33.8 Å². The second-order valence-corrected chi connectivity index (χ2v) is 11.9. The van der Waals surface area contributed by atoms with Gasteiger partial charge in [-0.15, -0.1) is 16.9 Å². The average molecular weight is 632 g/mol. The number of methoxy groups -OCH3 is 1. The van der Waals surface area contributed by atoms with E-state index in [1.165, 1.54) is 44.4 Å². The number of nitrogens with one attached hydrogen (secondary N) is 2. The van der Waals surface area contributed by atoms with Crippen LogP contribution in [0.1, 0.15) is 17.2 Å². The Morgan fingerprint density at radius 1 is 1.24 bits per heavy atom. The van der Waals surface area contributed by atoms with Gasteiger partial charge in [-0.1, -0.05) is 23.9 Å². The Labute approximate surface area is 251 Å². The molecule has 2 aromatic heterocycles. The monoisotopic (exact) mass is 631 g/mol. The summed E-state index contributed by atoms with van der Waals surface area (Å²) in [5.74, 6) is -1.12. The highest BCUT2D eigenvalue weighted by molar-refractivity contribution is 8.01.